The highest BCUT2D eigenvalue weighted by molar-refractivity contribution is 7.93. The van der Waals surface area contributed by atoms with E-state index < -0.39 is 45.3 Å². The number of rotatable bonds is 6. The third-order valence-electron chi connectivity index (χ3n) is 3.70. The monoisotopic (exact) mass is 412 g/mol. The van der Waals surface area contributed by atoms with Gasteiger partial charge >= 0.3 is 0 Å². The predicted octanol–water partition coefficient (Wildman–Crippen LogP) is 2.87. The molecular formula is C16H28O6S3. The highest BCUT2D eigenvalue weighted by Gasteiger charge is 2.29. The van der Waals surface area contributed by atoms with Gasteiger partial charge in [-0.05, 0) is 59.7 Å². The van der Waals surface area contributed by atoms with Crippen molar-refractivity contribution in [3.05, 3.63) is 18.2 Å². The Balaban J connectivity index is 0.00000576. The minimum Gasteiger partial charge on any atom is -0.223 e. The van der Waals surface area contributed by atoms with Gasteiger partial charge in [0.1, 0.15) is 0 Å². The molecule has 0 amide bonds. The number of benzene rings is 1. The van der Waals surface area contributed by atoms with Gasteiger partial charge in [0.2, 0.25) is 0 Å². The van der Waals surface area contributed by atoms with E-state index in [0.717, 1.165) is 18.2 Å². The molecule has 0 aliphatic heterocycles. The van der Waals surface area contributed by atoms with Gasteiger partial charge < -0.3 is 0 Å². The van der Waals surface area contributed by atoms with E-state index in [1.807, 2.05) is 0 Å². The van der Waals surface area contributed by atoms with E-state index in [1.165, 1.54) is 41.5 Å². The van der Waals surface area contributed by atoms with E-state index in [9.17, 15) is 25.3 Å². The summed E-state index contributed by atoms with van der Waals surface area (Å²) in [5.74, 6) is 0. The highest BCUT2D eigenvalue weighted by atomic mass is 32.2. The van der Waals surface area contributed by atoms with E-state index >= 15 is 0 Å². The Hall–Kier alpha value is -0.930. The van der Waals surface area contributed by atoms with Crippen molar-refractivity contribution >= 4 is 29.5 Å². The molecule has 0 radical (unpaired) electrons. The number of hydrogen-bond acceptors (Lipinski definition) is 6. The smallest absolute Gasteiger partial charge is 0.180 e. The van der Waals surface area contributed by atoms with E-state index in [4.69, 9.17) is 0 Å². The van der Waals surface area contributed by atoms with Gasteiger partial charge in [-0.3, -0.25) is 0 Å². The fourth-order valence-corrected chi connectivity index (χ4v) is 5.46. The van der Waals surface area contributed by atoms with Crippen LogP contribution in [0.4, 0.5) is 0 Å². The zero-order valence-corrected chi connectivity index (χ0v) is 17.1. The second-order valence-electron chi connectivity index (χ2n) is 6.42. The van der Waals surface area contributed by atoms with Gasteiger partial charge in [0, 0.05) is 0 Å². The zero-order valence-electron chi connectivity index (χ0n) is 14.6. The van der Waals surface area contributed by atoms with Gasteiger partial charge in [0.15, 0.2) is 29.5 Å². The molecule has 25 heavy (non-hydrogen) atoms. The maximum Gasteiger partial charge on any atom is 0.180 e. The molecule has 0 heterocycles. The molecule has 0 fully saturated rings. The summed E-state index contributed by atoms with van der Waals surface area (Å²) in [6.07, 6.45) is 0. The van der Waals surface area contributed by atoms with E-state index in [1.54, 1.807) is 0 Å². The SMILES string of the molecule is C.CC(C)S(=O)(=O)c1cc(S(=O)(=O)C(C)C)cc(S(=O)(=O)C(C)C)c1. The largest absolute Gasteiger partial charge is 0.223 e. The van der Waals surface area contributed by atoms with Gasteiger partial charge in [-0.1, -0.05) is 7.43 Å². The maximum atomic E-state index is 12.4. The van der Waals surface area contributed by atoms with Crippen molar-refractivity contribution in [3.8, 4) is 0 Å². The number of sulfone groups is 3. The summed E-state index contributed by atoms with van der Waals surface area (Å²) >= 11 is 0. The van der Waals surface area contributed by atoms with E-state index in [2.05, 4.69) is 0 Å². The third-order valence-corrected chi connectivity index (χ3v) is 10.1. The Labute approximate surface area is 152 Å². The van der Waals surface area contributed by atoms with Gasteiger partial charge in [0.05, 0.1) is 30.4 Å². The molecule has 6 nitrogen and oxygen atoms in total. The van der Waals surface area contributed by atoms with Crippen molar-refractivity contribution in [1.29, 1.82) is 0 Å². The molecule has 9 heteroatoms. The Morgan fingerprint density at radius 2 is 0.680 bits per heavy atom. The molecule has 0 N–H and O–H groups in total. The van der Waals surface area contributed by atoms with E-state index in [0.29, 0.717) is 0 Å². The van der Waals surface area contributed by atoms with Gasteiger partial charge in [-0.25, -0.2) is 25.3 Å². The van der Waals surface area contributed by atoms with Gasteiger partial charge in [0.25, 0.3) is 0 Å². The molecular weight excluding hydrogens is 384 g/mol. The Morgan fingerprint density at radius 3 is 0.800 bits per heavy atom. The fourth-order valence-electron chi connectivity index (χ4n) is 1.85. The first-order chi connectivity index (χ1) is 10.6. The highest BCUT2D eigenvalue weighted by Crippen LogP contribution is 2.28. The Morgan fingerprint density at radius 1 is 0.520 bits per heavy atom. The van der Waals surface area contributed by atoms with Crippen molar-refractivity contribution in [2.45, 2.75) is 79.4 Å². The van der Waals surface area contributed by atoms with Crippen molar-refractivity contribution in [1.82, 2.24) is 0 Å². The van der Waals surface area contributed by atoms with Crippen LogP contribution < -0.4 is 0 Å². The van der Waals surface area contributed by atoms with E-state index in [-0.39, 0.29) is 22.1 Å². The van der Waals surface area contributed by atoms with Crippen LogP contribution in [0, 0.1) is 0 Å². The van der Waals surface area contributed by atoms with Crippen LogP contribution in [0.25, 0.3) is 0 Å². The van der Waals surface area contributed by atoms with Crippen LogP contribution in [0.15, 0.2) is 32.9 Å². The predicted molar refractivity (Wildman–Crippen MR) is 100 cm³/mol. The summed E-state index contributed by atoms with van der Waals surface area (Å²) in [5, 5.41) is -2.41. The van der Waals surface area contributed by atoms with Crippen LogP contribution in [-0.2, 0) is 29.5 Å². The minimum atomic E-state index is -3.82. The second-order valence-corrected chi connectivity index (χ2v) is 13.9. The number of hydrogen-bond donors (Lipinski definition) is 0. The summed E-state index contributed by atoms with van der Waals surface area (Å²) in [6.45, 7) is 8.72. The molecule has 1 aromatic carbocycles. The average molecular weight is 413 g/mol. The van der Waals surface area contributed by atoms with Crippen LogP contribution in [0.2, 0.25) is 0 Å². The molecule has 0 atom stereocenters. The summed E-state index contributed by atoms with van der Waals surface area (Å²) in [7, 11) is -11.5. The zero-order chi connectivity index (χ0) is 19.1. The summed E-state index contributed by atoms with van der Waals surface area (Å²) in [4.78, 5) is -0.879. The molecule has 0 spiro atoms. The fraction of sp³-hybridized carbons (Fsp3) is 0.625. The molecule has 0 unspecified atom stereocenters. The summed E-state index contributed by atoms with van der Waals surface area (Å²) in [5.41, 5.74) is 0. The van der Waals surface area contributed by atoms with Crippen LogP contribution in [0.5, 0.6) is 0 Å². The van der Waals surface area contributed by atoms with Crippen LogP contribution in [0.1, 0.15) is 49.0 Å². The maximum absolute atomic E-state index is 12.4. The first kappa shape index (κ1) is 24.1. The minimum absolute atomic E-state index is 0. The second kappa shape index (κ2) is 7.75. The molecule has 0 aliphatic carbocycles. The lowest BCUT2D eigenvalue weighted by molar-refractivity contribution is 0.582. The molecule has 0 aliphatic rings. The molecule has 1 aromatic rings. The lowest BCUT2D eigenvalue weighted by atomic mass is 10.4. The van der Waals surface area contributed by atoms with Crippen molar-refractivity contribution in [2.24, 2.45) is 0 Å². The summed E-state index contributed by atoms with van der Waals surface area (Å²) in [6, 6.07) is 3.14. The van der Waals surface area contributed by atoms with Gasteiger partial charge in [-0.2, -0.15) is 0 Å². The third kappa shape index (κ3) is 4.62. The topological polar surface area (TPSA) is 102 Å². The first-order valence-electron chi connectivity index (χ1n) is 7.52. The van der Waals surface area contributed by atoms with Gasteiger partial charge in [-0.15, -0.1) is 0 Å². The molecule has 0 aromatic heterocycles. The average Bonchev–Trinajstić information content (AvgIpc) is 2.46. The van der Waals surface area contributed by atoms with Crippen molar-refractivity contribution < 1.29 is 25.3 Å². The normalized spacial score (nSPS) is 13.3. The van der Waals surface area contributed by atoms with Crippen LogP contribution in [0.3, 0.4) is 0 Å². The Bertz CT molecular complexity index is 786. The molecule has 1 rings (SSSR count). The standard InChI is InChI=1S/C15H24O6S3.CH4/c1-10(2)22(16,17)13-7-14(23(18,19)11(3)4)9-15(8-13)24(20,21)12(5)6;/h7-12H,1-6H3;1H4. The molecule has 146 valence electrons. The first-order valence-corrected chi connectivity index (χ1v) is 12.2. The summed E-state index contributed by atoms with van der Waals surface area (Å²) < 4.78 is 74.6. The van der Waals surface area contributed by atoms with Crippen molar-refractivity contribution in [3.63, 3.8) is 0 Å². The van der Waals surface area contributed by atoms with Crippen molar-refractivity contribution in [2.75, 3.05) is 0 Å². The lowest BCUT2D eigenvalue weighted by Crippen LogP contribution is -2.20. The van der Waals surface area contributed by atoms with Crippen LogP contribution in [-0.4, -0.2) is 41.0 Å². The molecule has 0 saturated heterocycles. The quantitative estimate of drug-likeness (QED) is 0.712. The lowest BCUT2D eigenvalue weighted by Gasteiger charge is -2.15. The molecule has 0 saturated carbocycles. The molecule has 0 bridgehead atoms. The van der Waals surface area contributed by atoms with Crippen LogP contribution >= 0.6 is 0 Å². The Kier molecular flexibility index (Phi) is 7.46.